The Balaban J connectivity index is 1.84. The lowest BCUT2D eigenvalue weighted by Gasteiger charge is -2.14. The van der Waals surface area contributed by atoms with Gasteiger partial charge in [0, 0.05) is 17.6 Å². The van der Waals surface area contributed by atoms with E-state index in [1.807, 2.05) is 6.07 Å². The van der Waals surface area contributed by atoms with E-state index >= 15 is 0 Å². The number of hydrogen-bond donors (Lipinski definition) is 1. The van der Waals surface area contributed by atoms with Crippen molar-refractivity contribution in [2.24, 2.45) is 0 Å². The fourth-order valence-corrected chi connectivity index (χ4v) is 3.65. The van der Waals surface area contributed by atoms with Crippen LogP contribution in [0.1, 0.15) is 28.1 Å². The molecule has 0 unspecified atom stereocenters. The van der Waals surface area contributed by atoms with Crippen molar-refractivity contribution < 1.29 is 13.2 Å². The molecule has 0 saturated heterocycles. The number of fused-ring (bicyclic) bond motifs is 1. The van der Waals surface area contributed by atoms with Crippen molar-refractivity contribution in [2.75, 3.05) is 0 Å². The number of aromatic nitrogens is 5. The van der Waals surface area contributed by atoms with Crippen molar-refractivity contribution in [3.63, 3.8) is 0 Å². The quantitative estimate of drug-likeness (QED) is 0.488. The molecule has 0 aliphatic carbocycles. The van der Waals surface area contributed by atoms with Gasteiger partial charge < -0.3 is 0 Å². The first-order valence-electron chi connectivity index (χ1n) is 9.34. The minimum Gasteiger partial charge on any atom is -0.293 e. The molecular weight excluding hydrogens is 461 g/mol. The highest BCUT2D eigenvalue weighted by Gasteiger charge is 2.37. The molecule has 0 fully saturated rings. The molecule has 0 atom stereocenters. The summed E-state index contributed by atoms with van der Waals surface area (Å²) >= 11 is 5.95. The lowest BCUT2D eigenvalue weighted by molar-refractivity contribution is -0.142. The maximum Gasteiger partial charge on any atom is 0.433 e. The van der Waals surface area contributed by atoms with Crippen LogP contribution in [0.2, 0.25) is 5.02 Å². The van der Waals surface area contributed by atoms with Gasteiger partial charge in [-0.3, -0.25) is 19.1 Å². The molecule has 0 saturated carbocycles. The highest BCUT2D eigenvalue weighted by atomic mass is 35.5. The summed E-state index contributed by atoms with van der Waals surface area (Å²) in [5.41, 5.74) is -2.61. The number of nitrogens with zero attached hydrogens (tertiary/aromatic N) is 5. The minimum atomic E-state index is -4.88. The molecule has 1 aromatic carbocycles. The molecule has 3 aromatic heterocycles. The average Bonchev–Trinajstić information content (AvgIpc) is 2.77. The lowest BCUT2D eigenvalue weighted by atomic mass is 10.0. The first kappa shape index (κ1) is 22.2. The van der Waals surface area contributed by atoms with Crippen LogP contribution in [0.5, 0.6) is 0 Å². The van der Waals surface area contributed by atoms with E-state index in [-0.39, 0.29) is 39.3 Å². The Labute approximate surface area is 187 Å². The average molecular weight is 473 g/mol. The molecule has 0 bridgehead atoms. The molecule has 4 aromatic rings. The van der Waals surface area contributed by atoms with E-state index in [9.17, 15) is 22.8 Å². The van der Waals surface area contributed by atoms with Gasteiger partial charge >= 0.3 is 6.18 Å². The number of nitrogens with one attached hydrogen (secondary N) is 1. The first-order valence-corrected chi connectivity index (χ1v) is 9.72. The Hall–Kier alpha value is -4.04. The third-order valence-corrected chi connectivity index (χ3v) is 5.02. The number of benzene rings is 1. The third-order valence-electron chi connectivity index (χ3n) is 4.81. The van der Waals surface area contributed by atoms with E-state index in [4.69, 9.17) is 16.9 Å². The number of nitriles is 1. The van der Waals surface area contributed by atoms with Crippen molar-refractivity contribution in [1.82, 2.24) is 24.7 Å². The van der Waals surface area contributed by atoms with Crippen LogP contribution in [0.3, 0.4) is 0 Å². The zero-order valence-corrected chi connectivity index (χ0v) is 17.3. The maximum absolute atomic E-state index is 13.6. The Morgan fingerprint density at radius 2 is 1.97 bits per heavy atom. The predicted molar refractivity (Wildman–Crippen MR) is 112 cm³/mol. The second-order valence-corrected chi connectivity index (χ2v) is 7.47. The number of pyridine rings is 1. The van der Waals surface area contributed by atoms with Crippen molar-refractivity contribution in [3.8, 4) is 6.07 Å². The van der Waals surface area contributed by atoms with Crippen LogP contribution in [-0.2, 0) is 19.1 Å². The van der Waals surface area contributed by atoms with Crippen LogP contribution >= 0.6 is 11.6 Å². The van der Waals surface area contributed by atoms with E-state index in [0.29, 0.717) is 0 Å². The smallest absolute Gasteiger partial charge is 0.293 e. The fourth-order valence-electron chi connectivity index (χ4n) is 3.39. The Kier molecular flexibility index (Phi) is 5.69. The van der Waals surface area contributed by atoms with Crippen LogP contribution in [0, 0.1) is 11.3 Å². The van der Waals surface area contributed by atoms with Gasteiger partial charge in [-0.15, -0.1) is 0 Å². The lowest BCUT2D eigenvalue weighted by Crippen LogP contribution is -2.30. The molecule has 0 amide bonds. The number of halogens is 4. The summed E-state index contributed by atoms with van der Waals surface area (Å²) in [6.45, 7) is -0.278. The molecular formula is C21H12ClF3N6O2. The van der Waals surface area contributed by atoms with Gasteiger partial charge in [0.05, 0.1) is 35.5 Å². The fraction of sp³-hybridized carbons (Fsp3) is 0.143. The van der Waals surface area contributed by atoms with Crippen molar-refractivity contribution >= 4 is 22.5 Å². The number of alkyl halides is 3. The van der Waals surface area contributed by atoms with Gasteiger partial charge in [-0.25, -0.2) is 10.1 Å². The Bertz CT molecular complexity index is 1540. The molecule has 8 nitrogen and oxygen atoms in total. The van der Waals surface area contributed by atoms with Gasteiger partial charge in [-0.05, 0) is 35.9 Å². The van der Waals surface area contributed by atoms with Crippen molar-refractivity contribution in [2.45, 2.75) is 19.1 Å². The second kappa shape index (κ2) is 8.48. The number of hydrogen-bond acceptors (Lipinski definition) is 6. The van der Waals surface area contributed by atoms with Gasteiger partial charge in [-0.1, -0.05) is 11.6 Å². The zero-order valence-electron chi connectivity index (χ0n) is 16.5. The highest BCUT2D eigenvalue weighted by Crippen LogP contribution is 2.30. The summed E-state index contributed by atoms with van der Waals surface area (Å²) in [5.74, 6) is 0. The number of rotatable bonds is 4. The summed E-state index contributed by atoms with van der Waals surface area (Å²) in [6.07, 6.45) is -3.13. The molecule has 12 heteroatoms. The SMILES string of the molecule is N#Cc1cc(Cl)cc(Cc2c(C(F)(F)F)ncn(Cc3n[nH]c(=O)c4cccnc34)c2=O)c1. The molecule has 4 rings (SSSR count). The summed E-state index contributed by atoms with van der Waals surface area (Å²) in [4.78, 5) is 32.6. The first-order chi connectivity index (χ1) is 15.7. The van der Waals surface area contributed by atoms with Crippen LogP contribution in [-0.4, -0.2) is 24.7 Å². The van der Waals surface area contributed by atoms with E-state index < -0.39 is 35.0 Å². The number of aromatic amines is 1. The molecule has 0 spiro atoms. The Morgan fingerprint density at radius 1 is 1.18 bits per heavy atom. The Morgan fingerprint density at radius 3 is 2.70 bits per heavy atom. The summed E-state index contributed by atoms with van der Waals surface area (Å²) in [7, 11) is 0. The van der Waals surface area contributed by atoms with E-state index in [1.54, 1.807) is 6.07 Å². The molecule has 0 radical (unpaired) electrons. The number of H-pyrrole nitrogens is 1. The minimum absolute atomic E-state index is 0.144. The molecule has 166 valence electrons. The van der Waals surface area contributed by atoms with Gasteiger partial charge in [0.2, 0.25) is 0 Å². The van der Waals surface area contributed by atoms with Crippen molar-refractivity contribution in [3.05, 3.63) is 96.7 Å². The third kappa shape index (κ3) is 4.47. The topological polar surface area (TPSA) is 117 Å². The maximum atomic E-state index is 13.6. The van der Waals surface area contributed by atoms with Gasteiger partial charge in [-0.2, -0.15) is 23.5 Å². The molecule has 0 aliphatic heterocycles. The molecule has 1 N–H and O–H groups in total. The molecule has 33 heavy (non-hydrogen) atoms. The molecule has 3 heterocycles. The van der Waals surface area contributed by atoms with Crippen molar-refractivity contribution in [1.29, 1.82) is 5.26 Å². The van der Waals surface area contributed by atoms with Gasteiger partial charge in [0.25, 0.3) is 11.1 Å². The second-order valence-electron chi connectivity index (χ2n) is 7.04. The summed E-state index contributed by atoms with van der Waals surface area (Å²) in [5, 5.41) is 15.7. The van der Waals surface area contributed by atoms with E-state index in [0.717, 1.165) is 10.9 Å². The largest absolute Gasteiger partial charge is 0.433 e. The van der Waals surface area contributed by atoms with Crippen LogP contribution in [0.25, 0.3) is 10.9 Å². The zero-order chi connectivity index (χ0) is 23.8. The monoisotopic (exact) mass is 472 g/mol. The summed E-state index contributed by atoms with van der Waals surface area (Å²) < 4.78 is 41.8. The van der Waals surface area contributed by atoms with Gasteiger partial charge in [0.15, 0.2) is 5.69 Å². The van der Waals surface area contributed by atoms with Gasteiger partial charge in [0.1, 0.15) is 11.2 Å². The predicted octanol–water partition coefficient (Wildman–Crippen LogP) is 3.06. The summed E-state index contributed by atoms with van der Waals surface area (Å²) in [6, 6.07) is 9.01. The van der Waals surface area contributed by atoms with Crippen LogP contribution in [0.4, 0.5) is 13.2 Å². The highest BCUT2D eigenvalue weighted by molar-refractivity contribution is 6.30. The standard InChI is InChI=1S/C21H12ClF3N6O2/c22-13-5-11(4-12(6-13)8-26)7-15-18(21(23,24)25)28-10-31(20(15)33)9-16-17-14(2-1-3-27-17)19(32)30-29-16/h1-6,10H,7,9H2,(H,30,32). The van der Waals surface area contributed by atoms with E-state index in [2.05, 4.69) is 20.2 Å². The van der Waals surface area contributed by atoms with Crippen LogP contribution in [0.15, 0.2) is 52.4 Å². The van der Waals surface area contributed by atoms with Crippen LogP contribution < -0.4 is 11.1 Å². The normalized spacial score (nSPS) is 11.5. The molecule has 0 aliphatic rings. The van der Waals surface area contributed by atoms with E-state index in [1.165, 1.54) is 30.5 Å².